The van der Waals surface area contributed by atoms with Crippen molar-refractivity contribution in [2.24, 2.45) is 0 Å². The van der Waals surface area contributed by atoms with Crippen molar-refractivity contribution < 1.29 is 9.53 Å². The normalized spacial score (nSPS) is 15.3. The maximum absolute atomic E-state index is 12.6. The van der Waals surface area contributed by atoms with E-state index in [4.69, 9.17) is 4.74 Å². The van der Waals surface area contributed by atoms with E-state index in [2.05, 4.69) is 25.6 Å². The van der Waals surface area contributed by atoms with Gasteiger partial charge in [0.25, 0.3) is 5.95 Å². The van der Waals surface area contributed by atoms with E-state index in [9.17, 15) is 4.79 Å². The fraction of sp³-hybridized carbons (Fsp3) is 0.174. The Morgan fingerprint density at radius 1 is 1.10 bits per heavy atom. The van der Waals surface area contributed by atoms with Gasteiger partial charge >= 0.3 is 0 Å². The molecule has 1 atom stereocenters. The third-order valence-electron chi connectivity index (χ3n) is 5.42. The molecule has 0 fully saturated rings. The summed E-state index contributed by atoms with van der Waals surface area (Å²) in [5.41, 5.74) is 4.27. The van der Waals surface area contributed by atoms with Gasteiger partial charge < -0.3 is 10.1 Å². The van der Waals surface area contributed by atoms with Gasteiger partial charge in [0.05, 0.1) is 24.7 Å². The number of para-hydroxylation sites is 1. The Morgan fingerprint density at radius 3 is 2.68 bits per heavy atom. The van der Waals surface area contributed by atoms with E-state index in [1.165, 1.54) is 0 Å². The van der Waals surface area contributed by atoms with Crippen LogP contribution in [-0.2, 0) is 4.79 Å². The first-order chi connectivity index (χ1) is 15.2. The van der Waals surface area contributed by atoms with Gasteiger partial charge in [0.1, 0.15) is 11.6 Å². The van der Waals surface area contributed by atoms with Gasteiger partial charge in [0.2, 0.25) is 5.91 Å². The molecule has 2 aromatic carbocycles. The number of hydrogen-bond donors (Lipinski definition) is 1. The lowest BCUT2D eigenvalue weighted by molar-refractivity contribution is -0.116. The summed E-state index contributed by atoms with van der Waals surface area (Å²) in [6, 6.07) is 17.5. The number of ether oxygens (including phenoxy) is 1. The molecule has 4 aromatic rings. The van der Waals surface area contributed by atoms with Crippen LogP contribution in [0.3, 0.4) is 0 Å². The second kappa shape index (κ2) is 7.64. The fourth-order valence-corrected chi connectivity index (χ4v) is 4.04. The first-order valence-corrected chi connectivity index (χ1v) is 9.93. The van der Waals surface area contributed by atoms with E-state index in [0.717, 1.165) is 28.1 Å². The molecule has 0 radical (unpaired) electrons. The van der Waals surface area contributed by atoms with Crippen molar-refractivity contribution in [2.75, 3.05) is 12.4 Å². The van der Waals surface area contributed by atoms with Crippen LogP contribution in [0.4, 0.5) is 5.82 Å². The number of nitrogens with one attached hydrogen (secondary N) is 1. The number of carbonyl (C=O) groups is 1. The fourth-order valence-electron chi connectivity index (χ4n) is 4.04. The molecule has 0 saturated heterocycles. The standard InChI is InChI=1S/C23H20N6O2/c1-14-21-17(16-10-6-7-11-19(16)31-2)12-20(30)26-22(21)29(28-14)23-25-18(13-24-27-23)15-8-4-3-5-9-15/h3-11,13,17H,12H2,1-2H3,(H,26,30)/t17-/m0/s1. The maximum atomic E-state index is 12.6. The Labute approximate surface area is 178 Å². The largest absolute Gasteiger partial charge is 0.496 e. The molecule has 31 heavy (non-hydrogen) atoms. The van der Waals surface area contributed by atoms with Crippen LogP contribution in [0, 0.1) is 6.92 Å². The average Bonchev–Trinajstić information content (AvgIpc) is 3.15. The number of rotatable bonds is 4. The van der Waals surface area contributed by atoms with Crippen LogP contribution in [0.1, 0.15) is 29.2 Å². The van der Waals surface area contributed by atoms with E-state index in [1.54, 1.807) is 18.0 Å². The average molecular weight is 412 g/mol. The minimum atomic E-state index is -0.182. The highest BCUT2D eigenvalue weighted by molar-refractivity contribution is 5.95. The number of fused-ring (bicyclic) bond motifs is 1. The van der Waals surface area contributed by atoms with Crippen molar-refractivity contribution in [1.29, 1.82) is 0 Å². The van der Waals surface area contributed by atoms with Crippen molar-refractivity contribution in [1.82, 2.24) is 25.0 Å². The smallest absolute Gasteiger partial charge is 0.272 e. The second-order valence-corrected chi connectivity index (χ2v) is 7.31. The zero-order valence-electron chi connectivity index (χ0n) is 17.1. The third kappa shape index (κ3) is 3.31. The summed E-state index contributed by atoms with van der Waals surface area (Å²) in [7, 11) is 1.63. The molecular formula is C23H20N6O2. The monoisotopic (exact) mass is 412 g/mol. The molecule has 8 heteroatoms. The Hall–Kier alpha value is -4.07. The Morgan fingerprint density at radius 2 is 1.87 bits per heavy atom. The van der Waals surface area contributed by atoms with Crippen LogP contribution in [-0.4, -0.2) is 38.0 Å². The molecule has 1 N–H and O–H groups in total. The summed E-state index contributed by atoms with van der Waals surface area (Å²) >= 11 is 0. The Kier molecular flexibility index (Phi) is 4.66. The summed E-state index contributed by atoms with van der Waals surface area (Å²) < 4.78 is 7.11. The number of nitrogens with zero attached hydrogens (tertiary/aromatic N) is 5. The highest BCUT2D eigenvalue weighted by atomic mass is 16.5. The molecule has 1 aliphatic rings. The summed E-state index contributed by atoms with van der Waals surface area (Å²) in [5.74, 6) is 1.32. The van der Waals surface area contributed by atoms with Gasteiger partial charge in [-0.3, -0.25) is 4.79 Å². The number of methoxy groups -OCH3 is 1. The number of anilines is 1. The predicted octanol–water partition coefficient (Wildman–Crippen LogP) is 3.52. The topological polar surface area (TPSA) is 94.8 Å². The van der Waals surface area contributed by atoms with Crippen molar-refractivity contribution in [3.8, 4) is 23.0 Å². The van der Waals surface area contributed by atoms with Crippen molar-refractivity contribution >= 4 is 11.7 Å². The van der Waals surface area contributed by atoms with Gasteiger partial charge in [0, 0.05) is 29.0 Å². The predicted molar refractivity (Wildman–Crippen MR) is 115 cm³/mol. The number of aromatic nitrogens is 5. The molecule has 3 heterocycles. The van der Waals surface area contributed by atoms with E-state index in [0.29, 0.717) is 23.9 Å². The summed E-state index contributed by atoms with van der Waals surface area (Å²) in [6.45, 7) is 1.92. The van der Waals surface area contributed by atoms with Crippen molar-refractivity contribution in [3.05, 3.63) is 77.6 Å². The van der Waals surface area contributed by atoms with Gasteiger partial charge in [-0.15, -0.1) is 5.10 Å². The summed E-state index contributed by atoms with van der Waals surface area (Å²) in [4.78, 5) is 17.3. The molecule has 0 saturated carbocycles. The number of carbonyl (C=O) groups excluding carboxylic acids is 1. The van der Waals surface area contributed by atoms with Crippen molar-refractivity contribution in [3.63, 3.8) is 0 Å². The number of hydrogen-bond acceptors (Lipinski definition) is 6. The molecule has 2 aromatic heterocycles. The van der Waals surface area contributed by atoms with Gasteiger partial charge in [-0.05, 0) is 13.0 Å². The zero-order valence-corrected chi connectivity index (χ0v) is 17.1. The van der Waals surface area contributed by atoms with Gasteiger partial charge in [-0.2, -0.15) is 14.9 Å². The summed E-state index contributed by atoms with van der Waals surface area (Å²) in [6.07, 6.45) is 1.92. The Bertz CT molecular complexity index is 1270. The van der Waals surface area contributed by atoms with Gasteiger partial charge in [-0.25, -0.2) is 4.98 Å². The lowest BCUT2D eigenvalue weighted by atomic mass is 9.85. The van der Waals surface area contributed by atoms with Gasteiger partial charge in [0.15, 0.2) is 0 Å². The molecule has 1 aliphatic heterocycles. The van der Waals surface area contributed by atoms with Gasteiger partial charge in [-0.1, -0.05) is 48.5 Å². The molecule has 0 bridgehead atoms. The van der Waals surface area contributed by atoms with E-state index in [-0.39, 0.29) is 11.8 Å². The first-order valence-electron chi connectivity index (χ1n) is 9.93. The SMILES string of the molecule is COc1ccccc1[C@@H]1CC(=O)Nc2c1c(C)nn2-c1nncc(-c2ccccc2)n1. The zero-order chi connectivity index (χ0) is 21.4. The summed E-state index contributed by atoms with van der Waals surface area (Å²) in [5, 5.41) is 15.9. The third-order valence-corrected chi connectivity index (χ3v) is 5.42. The van der Waals surface area contributed by atoms with Crippen LogP contribution in [0.15, 0.2) is 60.8 Å². The molecule has 154 valence electrons. The molecule has 0 spiro atoms. The maximum Gasteiger partial charge on any atom is 0.272 e. The lowest BCUT2D eigenvalue weighted by Crippen LogP contribution is -2.25. The highest BCUT2D eigenvalue weighted by Gasteiger charge is 2.34. The number of benzene rings is 2. The molecule has 0 aliphatic carbocycles. The molecule has 0 unspecified atom stereocenters. The van der Waals surface area contributed by atoms with E-state index < -0.39 is 0 Å². The van der Waals surface area contributed by atoms with Crippen LogP contribution >= 0.6 is 0 Å². The van der Waals surface area contributed by atoms with Crippen LogP contribution in [0.2, 0.25) is 0 Å². The lowest BCUT2D eigenvalue weighted by Gasteiger charge is -2.25. The minimum absolute atomic E-state index is 0.100. The van der Waals surface area contributed by atoms with E-state index in [1.807, 2.05) is 61.5 Å². The van der Waals surface area contributed by atoms with Crippen LogP contribution in [0.25, 0.3) is 17.2 Å². The highest BCUT2D eigenvalue weighted by Crippen LogP contribution is 2.42. The Balaban J connectivity index is 1.64. The number of amides is 1. The van der Waals surface area contributed by atoms with Crippen LogP contribution < -0.4 is 10.1 Å². The van der Waals surface area contributed by atoms with Crippen molar-refractivity contribution in [2.45, 2.75) is 19.3 Å². The molecule has 8 nitrogen and oxygen atoms in total. The minimum Gasteiger partial charge on any atom is -0.496 e. The molecule has 1 amide bonds. The van der Waals surface area contributed by atoms with Crippen LogP contribution in [0.5, 0.6) is 5.75 Å². The second-order valence-electron chi connectivity index (χ2n) is 7.31. The number of aryl methyl sites for hydroxylation is 1. The quantitative estimate of drug-likeness (QED) is 0.551. The molecule has 5 rings (SSSR count). The molecular weight excluding hydrogens is 392 g/mol. The van der Waals surface area contributed by atoms with E-state index >= 15 is 0 Å². The first kappa shape index (κ1) is 18.9.